The van der Waals surface area contributed by atoms with E-state index in [0.29, 0.717) is 38.8 Å². The zero-order chi connectivity index (χ0) is 18.1. The van der Waals surface area contributed by atoms with Crippen molar-refractivity contribution in [3.63, 3.8) is 0 Å². The molecule has 2 heterocycles. The van der Waals surface area contributed by atoms with Crippen LogP contribution in [-0.2, 0) is 4.79 Å². The molecule has 0 aromatic heterocycles. The van der Waals surface area contributed by atoms with Crippen LogP contribution in [0.5, 0.6) is 17.2 Å². The van der Waals surface area contributed by atoms with Crippen LogP contribution in [0.15, 0.2) is 47.4 Å². The van der Waals surface area contributed by atoms with E-state index in [4.69, 9.17) is 26.4 Å². The molecule has 2 aliphatic rings. The summed E-state index contributed by atoms with van der Waals surface area (Å²) in [7, 11) is 0. The first-order valence-electron chi connectivity index (χ1n) is 8.07. The van der Waals surface area contributed by atoms with Gasteiger partial charge in [-0.15, -0.1) is 0 Å². The summed E-state index contributed by atoms with van der Waals surface area (Å²) in [5.41, 5.74) is 1.51. The largest absolute Gasteiger partial charge is 0.492 e. The van der Waals surface area contributed by atoms with E-state index in [0.717, 1.165) is 5.56 Å². The Bertz CT molecular complexity index is 926. The summed E-state index contributed by atoms with van der Waals surface area (Å²) in [6.07, 6.45) is 1.81. The number of thioether (sulfide) groups is 1. The highest BCUT2D eigenvalue weighted by atomic mass is 32.2. The van der Waals surface area contributed by atoms with Crippen molar-refractivity contribution in [3.8, 4) is 17.2 Å². The van der Waals surface area contributed by atoms with E-state index in [1.165, 1.54) is 16.7 Å². The molecule has 5 nitrogen and oxygen atoms in total. The lowest BCUT2D eigenvalue weighted by atomic mass is 10.2. The van der Waals surface area contributed by atoms with Gasteiger partial charge in [0.2, 0.25) is 6.79 Å². The van der Waals surface area contributed by atoms with E-state index < -0.39 is 0 Å². The Labute approximate surface area is 160 Å². The smallest absolute Gasteiger partial charge is 0.270 e. The fourth-order valence-corrected chi connectivity index (χ4v) is 4.03. The molecular weight excluding hydrogens is 370 g/mol. The van der Waals surface area contributed by atoms with E-state index >= 15 is 0 Å². The number of amides is 1. The summed E-state index contributed by atoms with van der Waals surface area (Å²) in [5, 5.41) is 0. The quantitative estimate of drug-likeness (QED) is 0.580. The van der Waals surface area contributed by atoms with Gasteiger partial charge in [0, 0.05) is 0 Å². The highest BCUT2D eigenvalue weighted by Crippen LogP contribution is 2.40. The van der Waals surface area contributed by atoms with Crippen LogP contribution in [0.2, 0.25) is 0 Å². The van der Waals surface area contributed by atoms with Gasteiger partial charge in [-0.25, -0.2) is 0 Å². The molecular formula is C19H15NO4S2. The number of nitrogens with zero attached hydrogens (tertiary/aromatic N) is 1. The van der Waals surface area contributed by atoms with Gasteiger partial charge in [0.25, 0.3) is 5.91 Å². The average molecular weight is 385 g/mol. The number of hydrogen-bond donors (Lipinski definition) is 0. The normalized spacial score (nSPS) is 17.3. The van der Waals surface area contributed by atoms with Crippen LogP contribution >= 0.6 is 24.0 Å². The molecule has 7 heteroatoms. The number of fused-ring (bicyclic) bond motifs is 1. The number of para-hydroxylation sites is 2. The van der Waals surface area contributed by atoms with Crippen molar-refractivity contribution >= 4 is 46.0 Å². The molecule has 1 fully saturated rings. The van der Waals surface area contributed by atoms with E-state index in [9.17, 15) is 4.79 Å². The maximum Gasteiger partial charge on any atom is 0.270 e. The summed E-state index contributed by atoms with van der Waals surface area (Å²) in [6.45, 7) is 2.63. The third kappa shape index (κ3) is 3.04. The summed E-state index contributed by atoms with van der Waals surface area (Å²) in [5.74, 6) is 1.86. The minimum atomic E-state index is -0.162. The van der Waals surface area contributed by atoms with Crippen molar-refractivity contribution in [2.24, 2.45) is 0 Å². The van der Waals surface area contributed by atoms with Gasteiger partial charge in [-0.05, 0) is 42.8 Å². The molecule has 0 radical (unpaired) electrons. The fourth-order valence-electron chi connectivity index (χ4n) is 2.75. The molecule has 0 aliphatic carbocycles. The predicted octanol–water partition coefficient (Wildman–Crippen LogP) is 4.22. The van der Waals surface area contributed by atoms with E-state index in [1.54, 1.807) is 0 Å². The van der Waals surface area contributed by atoms with Crippen molar-refractivity contribution < 1.29 is 19.0 Å². The number of anilines is 1. The Morgan fingerprint density at radius 1 is 1.23 bits per heavy atom. The number of carbonyl (C=O) groups excluding carboxylic acids is 1. The second-order valence-corrected chi connectivity index (χ2v) is 7.21. The lowest BCUT2D eigenvalue weighted by Gasteiger charge is -2.18. The molecule has 0 bridgehead atoms. The molecule has 2 aliphatic heterocycles. The van der Waals surface area contributed by atoms with Gasteiger partial charge < -0.3 is 14.2 Å². The van der Waals surface area contributed by atoms with Crippen LogP contribution in [0, 0.1) is 0 Å². The molecule has 2 aromatic carbocycles. The number of benzene rings is 2. The van der Waals surface area contributed by atoms with Gasteiger partial charge in [0.1, 0.15) is 5.75 Å². The monoisotopic (exact) mass is 385 g/mol. The van der Waals surface area contributed by atoms with Crippen LogP contribution in [-0.4, -0.2) is 23.6 Å². The minimum Gasteiger partial charge on any atom is -0.492 e. The number of rotatable bonds is 4. The molecule has 132 valence electrons. The molecule has 1 amide bonds. The van der Waals surface area contributed by atoms with Crippen molar-refractivity contribution in [2.75, 3.05) is 18.3 Å². The molecule has 0 unspecified atom stereocenters. The van der Waals surface area contributed by atoms with Crippen molar-refractivity contribution in [1.29, 1.82) is 0 Å². The molecule has 26 heavy (non-hydrogen) atoms. The van der Waals surface area contributed by atoms with Crippen LogP contribution < -0.4 is 19.1 Å². The highest BCUT2D eigenvalue weighted by molar-refractivity contribution is 8.27. The Balaban J connectivity index is 1.65. The van der Waals surface area contributed by atoms with Gasteiger partial charge in [-0.2, -0.15) is 0 Å². The minimum absolute atomic E-state index is 0.162. The van der Waals surface area contributed by atoms with Gasteiger partial charge in [0.15, 0.2) is 15.8 Å². The van der Waals surface area contributed by atoms with E-state index in [1.807, 2.05) is 55.5 Å². The Morgan fingerprint density at radius 2 is 2.04 bits per heavy atom. The lowest BCUT2D eigenvalue weighted by molar-refractivity contribution is -0.113. The second kappa shape index (κ2) is 7.01. The number of hydrogen-bond acceptors (Lipinski definition) is 6. The Hall–Kier alpha value is -2.51. The topological polar surface area (TPSA) is 48.0 Å². The van der Waals surface area contributed by atoms with Gasteiger partial charge >= 0.3 is 0 Å². The first-order valence-corrected chi connectivity index (χ1v) is 9.29. The molecule has 0 spiro atoms. The zero-order valence-corrected chi connectivity index (χ0v) is 15.6. The SMILES string of the molecule is CCOc1ccccc1N1C(=O)C(=Cc2ccc3c(c2)OCO3)SC1=S. The van der Waals surface area contributed by atoms with Gasteiger partial charge in [-0.3, -0.25) is 9.69 Å². The third-order valence-corrected chi connectivity index (χ3v) is 5.20. The Kier molecular flexibility index (Phi) is 4.57. The summed E-state index contributed by atoms with van der Waals surface area (Å²) in [6, 6.07) is 13.0. The highest BCUT2D eigenvalue weighted by Gasteiger charge is 2.35. The van der Waals surface area contributed by atoms with Crippen molar-refractivity contribution in [1.82, 2.24) is 0 Å². The molecule has 1 saturated heterocycles. The molecule has 0 atom stereocenters. The molecule has 0 saturated carbocycles. The second-order valence-electron chi connectivity index (χ2n) is 5.53. The maximum atomic E-state index is 12.9. The lowest BCUT2D eigenvalue weighted by Crippen LogP contribution is -2.28. The van der Waals surface area contributed by atoms with Crippen LogP contribution in [0.3, 0.4) is 0 Å². The van der Waals surface area contributed by atoms with Crippen LogP contribution in [0.1, 0.15) is 12.5 Å². The fraction of sp³-hybridized carbons (Fsp3) is 0.158. The summed E-state index contributed by atoms with van der Waals surface area (Å²) in [4.78, 5) is 15.0. The van der Waals surface area contributed by atoms with Crippen molar-refractivity contribution in [2.45, 2.75) is 6.92 Å². The van der Waals surface area contributed by atoms with Gasteiger partial charge in [0.05, 0.1) is 17.2 Å². The molecule has 0 N–H and O–H groups in total. The van der Waals surface area contributed by atoms with E-state index in [-0.39, 0.29) is 12.7 Å². The van der Waals surface area contributed by atoms with Crippen LogP contribution in [0.4, 0.5) is 5.69 Å². The first-order chi connectivity index (χ1) is 12.7. The zero-order valence-electron chi connectivity index (χ0n) is 13.9. The van der Waals surface area contributed by atoms with Crippen molar-refractivity contribution in [3.05, 3.63) is 52.9 Å². The van der Waals surface area contributed by atoms with E-state index in [2.05, 4.69) is 0 Å². The third-order valence-electron chi connectivity index (χ3n) is 3.89. The molecule has 4 rings (SSSR count). The predicted molar refractivity (Wildman–Crippen MR) is 106 cm³/mol. The average Bonchev–Trinajstić information content (AvgIpc) is 3.20. The first kappa shape index (κ1) is 16.9. The number of thiocarbonyl (C=S) groups is 1. The molecule has 2 aromatic rings. The summed E-state index contributed by atoms with van der Waals surface area (Å²) < 4.78 is 16.8. The summed E-state index contributed by atoms with van der Waals surface area (Å²) >= 11 is 6.72. The van der Waals surface area contributed by atoms with Gasteiger partial charge in [-0.1, -0.05) is 42.2 Å². The number of carbonyl (C=O) groups is 1. The maximum absolute atomic E-state index is 12.9. The standard InChI is InChI=1S/C19H15NO4S2/c1-2-22-14-6-4-3-5-13(14)20-18(21)17(26-19(20)25)10-12-7-8-15-16(9-12)24-11-23-15/h3-10H,2,11H2,1H3. The Morgan fingerprint density at radius 3 is 2.88 bits per heavy atom. The number of ether oxygens (including phenoxy) is 3. The van der Waals surface area contributed by atoms with Crippen LogP contribution in [0.25, 0.3) is 6.08 Å².